The minimum Gasteiger partial charge on any atom is -0.351 e. The molecule has 2 heterocycles. The second-order valence-corrected chi connectivity index (χ2v) is 5.14. The average molecular weight is 274 g/mol. The van der Waals surface area contributed by atoms with Gasteiger partial charge in [-0.1, -0.05) is 12.1 Å². The lowest BCUT2D eigenvalue weighted by molar-refractivity contribution is -0.122. The molecule has 3 rings (SSSR count). The fourth-order valence-electron chi connectivity index (χ4n) is 2.66. The molecule has 6 heteroatoms. The first kappa shape index (κ1) is 12.9. The van der Waals surface area contributed by atoms with Gasteiger partial charge in [-0.3, -0.25) is 9.36 Å². The topological polar surface area (TPSA) is 78.9 Å². The van der Waals surface area contributed by atoms with Gasteiger partial charge in [0.25, 0.3) is 0 Å². The zero-order chi connectivity index (χ0) is 13.9. The molecule has 1 unspecified atom stereocenters. The number of nitrogens with one attached hydrogen (secondary N) is 3. The third-order valence-corrected chi connectivity index (χ3v) is 3.65. The van der Waals surface area contributed by atoms with E-state index in [1.54, 1.807) is 0 Å². The van der Waals surface area contributed by atoms with Crippen LogP contribution in [0.1, 0.15) is 12.8 Å². The van der Waals surface area contributed by atoms with Gasteiger partial charge in [0.05, 0.1) is 11.0 Å². The van der Waals surface area contributed by atoms with Crippen molar-refractivity contribution in [2.45, 2.75) is 25.4 Å². The summed E-state index contributed by atoms with van der Waals surface area (Å²) in [5.41, 5.74) is 1.27. The van der Waals surface area contributed by atoms with Crippen molar-refractivity contribution < 1.29 is 4.79 Å². The highest BCUT2D eigenvalue weighted by Crippen LogP contribution is 2.08. The predicted molar refractivity (Wildman–Crippen MR) is 76.6 cm³/mol. The first-order valence-electron chi connectivity index (χ1n) is 6.91. The van der Waals surface area contributed by atoms with Gasteiger partial charge in [-0.2, -0.15) is 0 Å². The number of carbonyl (C=O) groups is 1. The van der Waals surface area contributed by atoms with E-state index in [-0.39, 0.29) is 24.2 Å². The van der Waals surface area contributed by atoms with Crippen LogP contribution in [0.5, 0.6) is 0 Å². The molecule has 1 atom stereocenters. The van der Waals surface area contributed by atoms with Crippen LogP contribution < -0.4 is 16.3 Å². The first-order valence-corrected chi connectivity index (χ1v) is 6.91. The van der Waals surface area contributed by atoms with Gasteiger partial charge >= 0.3 is 5.69 Å². The van der Waals surface area contributed by atoms with E-state index >= 15 is 0 Å². The number of hydrogen-bond donors (Lipinski definition) is 3. The van der Waals surface area contributed by atoms with Crippen molar-refractivity contribution in [3.05, 3.63) is 34.7 Å². The molecule has 1 aromatic heterocycles. The highest BCUT2D eigenvalue weighted by Gasteiger charge is 2.16. The number of aromatic amines is 1. The number of hydrogen-bond acceptors (Lipinski definition) is 3. The van der Waals surface area contributed by atoms with E-state index in [0.29, 0.717) is 0 Å². The summed E-state index contributed by atoms with van der Waals surface area (Å²) < 4.78 is 1.47. The lowest BCUT2D eigenvalue weighted by Crippen LogP contribution is -2.47. The summed E-state index contributed by atoms with van der Waals surface area (Å²) in [6.07, 6.45) is 2.06. The molecule has 0 bridgehead atoms. The molecular weight excluding hydrogens is 256 g/mol. The summed E-state index contributed by atoms with van der Waals surface area (Å²) in [6, 6.07) is 7.54. The van der Waals surface area contributed by atoms with Crippen molar-refractivity contribution in [2.75, 3.05) is 13.1 Å². The molecule has 1 fully saturated rings. The SMILES string of the molecule is O=C(Cn1c(=O)[nH]c2ccccc21)NC1CCCNC1. The minimum absolute atomic E-state index is 0.0549. The highest BCUT2D eigenvalue weighted by atomic mass is 16.2. The minimum atomic E-state index is -0.247. The summed E-state index contributed by atoms with van der Waals surface area (Å²) in [5.74, 6) is -0.120. The maximum absolute atomic E-state index is 12.1. The first-order chi connectivity index (χ1) is 9.74. The fraction of sp³-hybridized carbons (Fsp3) is 0.429. The van der Waals surface area contributed by atoms with E-state index in [1.807, 2.05) is 24.3 Å². The smallest absolute Gasteiger partial charge is 0.326 e. The number of carbonyl (C=O) groups excluding carboxylic acids is 1. The Morgan fingerprint density at radius 1 is 1.40 bits per heavy atom. The molecule has 1 aliphatic heterocycles. The van der Waals surface area contributed by atoms with Crippen molar-refractivity contribution in [2.24, 2.45) is 0 Å². The Hall–Kier alpha value is -2.08. The second-order valence-electron chi connectivity index (χ2n) is 5.14. The summed E-state index contributed by atoms with van der Waals surface area (Å²) in [6.45, 7) is 1.86. The molecule has 0 saturated carbocycles. The Balaban J connectivity index is 1.74. The number of fused-ring (bicyclic) bond motifs is 1. The Morgan fingerprint density at radius 3 is 3.05 bits per heavy atom. The number of amides is 1. The van der Waals surface area contributed by atoms with E-state index in [0.717, 1.165) is 37.0 Å². The Kier molecular flexibility index (Phi) is 3.56. The number of benzene rings is 1. The van der Waals surface area contributed by atoms with Gasteiger partial charge in [-0.15, -0.1) is 0 Å². The molecule has 2 aromatic rings. The highest BCUT2D eigenvalue weighted by molar-refractivity contribution is 5.80. The molecule has 6 nitrogen and oxygen atoms in total. The summed E-state index contributed by atoms with van der Waals surface area (Å²) in [5, 5.41) is 6.22. The Labute approximate surface area is 116 Å². The number of aromatic nitrogens is 2. The largest absolute Gasteiger partial charge is 0.351 e. The molecule has 3 N–H and O–H groups in total. The fourth-order valence-corrected chi connectivity index (χ4v) is 2.66. The van der Waals surface area contributed by atoms with Gasteiger partial charge in [0.1, 0.15) is 6.54 Å². The van der Waals surface area contributed by atoms with Crippen molar-refractivity contribution in [1.82, 2.24) is 20.2 Å². The van der Waals surface area contributed by atoms with Gasteiger partial charge in [0.15, 0.2) is 0 Å². The molecule has 0 radical (unpaired) electrons. The quantitative estimate of drug-likeness (QED) is 0.748. The number of para-hydroxylation sites is 2. The molecule has 1 amide bonds. The van der Waals surface area contributed by atoms with E-state index in [4.69, 9.17) is 0 Å². The van der Waals surface area contributed by atoms with Crippen molar-refractivity contribution in [3.63, 3.8) is 0 Å². The Morgan fingerprint density at radius 2 is 2.25 bits per heavy atom. The standard InChI is InChI=1S/C14H18N4O2/c19-13(16-10-4-3-7-15-8-10)9-18-12-6-2-1-5-11(12)17-14(18)20/h1-2,5-6,10,15H,3-4,7-9H2,(H,16,19)(H,17,20). The zero-order valence-corrected chi connectivity index (χ0v) is 11.2. The molecular formula is C14H18N4O2. The predicted octanol–water partition coefficient (Wildman–Crippen LogP) is 0.198. The van der Waals surface area contributed by atoms with Crippen LogP contribution in [-0.4, -0.2) is 34.6 Å². The van der Waals surface area contributed by atoms with Crippen molar-refractivity contribution in [3.8, 4) is 0 Å². The van der Waals surface area contributed by atoms with Gasteiger partial charge in [0.2, 0.25) is 5.91 Å². The van der Waals surface area contributed by atoms with Crippen LogP contribution in [0.25, 0.3) is 11.0 Å². The van der Waals surface area contributed by atoms with Crippen LogP contribution in [0.2, 0.25) is 0 Å². The van der Waals surface area contributed by atoms with Crippen LogP contribution in [0, 0.1) is 0 Å². The van der Waals surface area contributed by atoms with Gasteiger partial charge in [-0.25, -0.2) is 4.79 Å². The summed E-state index contributed by atoms with van der Waals surface area (Å²) in [4.78, 5) is 26.7. The lowest BCUT2D eigenvalue weighted by atomic mass is 10.1. The molecule has 1 aromatic carbocycles. The van der Waals surface area contributed by atoms with E-state index in [2.05, 4.69) is 15.6 Å². The number of piperidine rings is 1. The maximum atomic E-state index is 12.1. The third kappa shape index (κ3) is 2.60. The average Bonchev–Trinajstić information content (AvgIpc) is 2.76. The molecule has 0 aliphatic carbocycles. The number of nitrogens with zero attached hydrogens (tertiary/aromatic N) is 1. The molecule has 1 saturated heterocycles. The Bertz CT molecular complexity index is 667. The molecule has 1 aliphatic rings. The maximum Gasteiger partial charge on any atom is 0.326 e. The number of H-pyrrole nitrogens is 1. The second kappa shape index (κ2) is 5.50. The summed E-state index contributed by atoms with van der Waals surface area (Å²) in [7, 11) is 0. The van der Waals surface area contributed by atoms with Crippen LogP contribution >= 0.6 is 0 Å². The van der Waals surface area contributed by atoms with Gasteiger partial charge in [-0.05, 0) is 31.5 Å². The van der Waals surface area contributed by atoms with E-state index in [9.17, 15) is 9.59 Å². The molecule has 0 spiro atoms. The van der Waals surface area contributed by atoms with Crippen molar-refractivity contribution in [1.29, 1.82) is 0 Å². The van der Waals surface area contributed by atoms with Crippen LogP contribution in [0.15, 0.2) is 29.1 Å². The number of rotatable bonds is 3. The van der Waals surface area contributed by atoms with E-state index in [1.165, 1.54) is 4.57 Å². The summed E-state index contributed by atoms with van der Waals surface area (Å²) >= 11 is 0. The van der Waals surface area contributed by atoms with Gasteiger partial charge in [0, 0.05) is 12.6 Å². The monoisotopic (exact) mass is 274 g/mol. The molecule has 20 heavy (non-hydrogen) atoms. The zero-order valence-electron chi connectivity index (χ0n) is 11.2. The third-order valence-electron chi connectivity index (χ3n) is 3.65. The lowest BCUT2D eigenvalue weighted by Gasteiger charge is -2.23. The van der Waals surface area contributed by atoms with Crippen LogP contribution in [0.3, 0.4) is 0 Å². The normalized spacial score (nSPS) is 19.1. The van der Waals surface area contributed by atoms with Crippen LogP contribution in [-0.2, 0) is 11.3 Å². The van der Waals surface area contributed by atoms with Gasteiger partial charge < -0.3 is 15.6 Å². The van der Waals surface area contributed by atoms with Crippen molar-refractivity contribution >= 4 is 16.9 Å². The number of imidazole rings is 1. The van der Waals surface area contributed by atoms with E-state index < -0.39 is 0 Å². The van der Waals surface area contributed by atoms with Crippen LogP contribution in [0.4, 0.5) is 0 Å². The molecule has 106 valence electrons.